The van der Waals surface area contributed by atoms with Gasteiger partial charge < -0.3 is 30.7 Å². The summed E-state index contributed by atoms with van der Waals surface area (Å²) in [6.45, 7) is 5.53. The minimum atomic E-state index is -1.22. The molecule has 1 aromatic heterocycles. The Labute approximate surface area is 272 Å². The van der Waals surface area contributed by atoms with Crippen LogP contribution in [-0.4, -0.2) is 83.5 Å². The van der Waals surface area contributed by atoms with Crippen LogP contribution >= 0.6 is 11.3 Å². The van der Waals surface area contributed by atoms with E-state index in [1.54, 1.807) is 55.0 Å². The van der Waals surface area contributed by atoms with Crippen molar-refractivity contribution in [1.82, 2.24) is 31.2 Å². The topological polar surface area (TPSA) is 151 Å². The molecule has 1 spiro atoms. The average Bonchev–Trinajstić information content (AvgIpc) is 3.57. The number of benzene rings is 2. The lowest BCUT2D eigenvalue weighted by Gasteiger charge is -2.41. The Bertz CT molecular complexity index is 1480. The molecule has 2 bridgehead atoms. The molecular formula is C33H40N6O6S. The molecule has 1 saturated heterocycles. The zero-order valence-electron chi connectivity index (χ0n) is 26.0. The second-order valence-corrected chi connectivity index (χ2v) is 12.6. The first-order valence-electron chi connectivity index (χ1n) is 15.5. The van der Waals surface area contributed by atoms with Gasteiger partial charge in [-0.1, -0.05) is 30.3 Å². The largest absolute Gasteiger partial charge is 0.492 e. The first-order chi connectivity index (χ1) is 22.2. The predicted molar refractivity (Wildman–Crippen MR) is 172 cm³/mol. The van der Waals surface area contributed by atoms with Crippen molar-refractivity contribution in [2.24, 2.45) is 0 Å². The van der Waals surface area contributed by atoms with Crippen molar-refractivity contribution in [3.05, 3.63) is 76.7 Å². The van der Waals surface area contributed by atoms with Crippen LogP contribution in [0.4, 0.5) is 0 Å². The van der Waals surface area contributed by atoms with Gasteiger partial charge in [-0.15, -0.1) is 11.3 Å². The van der Waals surface area contributed by atoms with Crippen molar-refractivity contribution >= 4 is 35.0 Å². The standard InChI is InChI=1S/C33H40N6O6S/c1-22-29(40)35-14-17-44-25-8-10-26(11-9-25)45-33(12-15-39(16-13-33)20-27-19-34-21-46-27)32(43)37-23(2)30(41)38-28(31(42)36-22)18-24-6-4-3-5-7-24/h3-11,19,21-23,28H,12-18,20H2,1-2H3,(H,35,40)(H,36,42)(H,37,43)(H,38,41)/t22-,23-,28-/m0/s1. The molecule has 0 unspecified atom stereocenters. The molecule has 0 radical (unpaired) electrons. The molecule has 3 aliphatic rings. The summed E-state index contributed by atoms with van der Waals surface area (Å²) in [4.78, 5) is 61.1. The molecule has 3 aliphatic heterocycles. The number of nitrogens with one attached hydrogen (secondary N) is 4. The van der Waals surface area contributed by atoms with Crippen molar-refractivity contribution in [3.63, 3.8) is 0 Å². The summed E-state index contributed by atoms with van der Waals surface area (Å²) >= 11 is 1.59. The average molecular weight is 649 g/mol. The molecular weight excluding hydrogens is 608 g/mol. The first kappa shape index (κ1) is 32.9. The second kappa shape index (κ2) is 15.2. The minimum Gasteiger partial charge on any atom is -0.492 e. The highest BCUT2D eigenvalue weighted by Gasteiger charge is 2.45. The number of hydrogen-bond donors (Lipinski definition) is 4. The van der Waals surface area contributed by atoms with Gasteiger partial charge in [0.1, 0.15) is 36.2 Å². The molecule has 13 heteroatoms. The third-order valence-electron chi connectivity index (χ3n) is 8.16. The number of amides is 4. The number of ether oxygens (including phenoxy) is 2. The molecule has 0 aliphatic carbocycles. The van der Waals surface area contributed by atoms with E-state index in [1.165, 1.54) is 0 Å². The highest BCUT2D eigenvalue weighted by molar-refractivity contribution is 7.09. The fourth-order valence-corrected chi connectivity index (χ4v) is 6.08. The van der Waals surface area contributed by atoms with Crippen LogP contribution < -0.4 is 30.7 Å². The molecule has 3 atom stereocenters. The van der Waals surface area contributed by atoms with Crippen LogP contribution in [0, 0.1) is 0 Å². The van der Waals surface area contributed by atoms with Crippen molar-refractivity contribution < 1.29 is 28.7 Å². The van der Waals surface area contributed by atoms with Gasteiger partial charge in [0.25, 0.3) is 5.91 Å². The fourth-order valence-electron chi connectivity index (χ4n) is 5.44. The summed E-state index contributed by atoms with van der Waals surface area (Å²) in [5.74, 6) is -0.775. The number of fused-ring (bicyclic) bond motifs is 15. The number of piperidine rings is 1. The summed E-state index contributed by atoms with van der Waals surface area (Å²) in [5.41, 5.74) is 1.41. The quantitative estimate of drug-likeness (QED) is 0.313. The molecule has 0 saturated carbocycles. The highest BCUT2D eigenvalue weighted by atomic mass is 32.1. The molecule has 12 nitrogen and oxygen atoms in total. The zero-order chi connectivity index (χ0) is 32.5. The van der Waals surface area contributed by atoms with E-state index in [-0.39, 0.29) is 25.5 Å². The maximum atomic E-state index is 14.0. The zero-order valence-corrected chi connectivity index (χ0v) is 26.8. The van der Waals surface area contributed by atoms with E-state index in [1.807, 2.05) is 36.5 Å². The van der Waals surface area contributed by atoms with Gasteiger partial charge in [-0.05, 0) is 43.7 Å². The minimum absolute atomic E-state index is 0.194. The van der Waals surface area contributed by atoms with Crippen LogP contribution in [-0.2, 0) is 32.1 Å². The molecule has 6 rings (SSSR count). The third kappa shape index (κ3) is 8.61. The second-order valence-electron chi connectivity index (χ2n) is 11.6. The lowest BCUT2D eigenvalue weighted by Crippen LogP contribution is -2.61. The Kier molecular flexibility index (Phi) is 10.9. The maximum Gasteiger partial charge on any atom is 0.264 e. The number of nitrogens with zero attached hydrogens (tertiary/aromatic N) is 2. The summed E-state index contributed by atoms with van der Waals surface area (Å²) in [6.07, 6.45) is 2.85. The summed E-state index contributed by atoms with van der Waals surface area (Å²) in [6, 6.07) is 13.4. The summed E-state index contributed by atoms with van der Waals surface area (Å²) < 4.78 is 12.2. The number of rotatable bonds is 4. The molecule has 1 fully saturated rings. The number of carbonyl (C=O) groups excluding carboxylic acids is 4. The lowest BCUT2D eigenvalue weighted by molar-refractivity contribution is -0.144. The number of likely N-dealkylation sites (tertiary alicyclic amines) is 1. The first-order valence-corrected chi connectivity index (χ1v) is 16.3. The number of thiazole rings is 1. The van der Waals surface area contributed by atoms with E-state index in [0.717, 1.165) is 17.0 Å². The lowest BCUT2D eigenvalue weighted by atomic mass is 9.89. The molecule has 46 heavy (non-hydrogen) atoms. The van der Waals surface area contributed by atoms with Crippen LogP contribution in [0.5, 0.6) is 11.5 Å². The van der Waals surface area contributed by atoms with Crippen LogP contribution in [0.2, 0.25) is 0 Å². The van der Waals surface area contributed by atoms with Gasteiger partial charge in [0.15, 0.2) is 5.60 Å². The monoisotopic (exact) mass is 648 g/mol. The summed E-state index contributed by atoms with van der Waals surface area (Å²) in [7, 11) is 0. The summed E-state index contributed by atoms with van der Waals surface area (Å²) in [5, 5.41) is 11.1. The van der Waals surface area contributed by atoms with Gasteiger partial charge in [-0.25, -0.2) is 0 Å². The van der Waals surface area contributed by atoms with Crippen molar-refractivity contribution in [1.29, 1.82) is 0 Å². The van der Waals surface area contributed by atoms with Gasteiger partial charge in [0.05, 0.1) is 12.1 Å². The van der Waals surface area contributed by atoms with Gasteiger partial charge in [0, 0.05) is 50.0 Å². The van der Waals surface area contributed by atoms with Gasteiger partial charge in [0.2, 0.25) is 17.7 Å². The molecule has 4 heterocycles. The maximum absolute atomic E-state index is 14.0. The number of hydrogen-bond acceptors (Lipinski definition) is 9. The van der Waals surface area contributed by atoms with Crippen molar-refractivity contribution in [2.75, 3.05) is 26.2 Å². The van der Waals surface area contributed by atoms with Crippen LogP contribution in [0.25, 0.3) is 0 Å². The number of aromatic nitrogens is 1. The smallest absolute Gasteiger partial charge is 0.264 e. The van der Waals surface area contributed by atoms with Crippen molar-refractivity contribution in [3.8, 4) is 11.5 Å². The molecule has 3 aromatic rings. The third-order valence-corrected chi connectivity index (χ3v) is 8.92. The van der Waals surface area contributed by atoms with Crippen molar-refractivity contribution in [2.45, 2.75) is 63.4 Å². The Morgan fingerprint density at radius 3 is 2.26 bits per heavy atom. The normalized spacial score (nSPS) is 23.3. The van der Waals surface area contributed by atoms with E-state index >= 15 is 0 Å². The van der Waals surface area contributed by atoms with Crippen LogP contribution in [0.15, 0.2) is 66.3 Å². The van der Waals surface area contributed by atoms with Gasteiger partial charge >= 0.3 is 0 Å². The Balaban J connectivity index is 1.37. The molecule has 4 N–H and O–H groups in total. The molecule has 244 valence electrons. The Morgan fingerprint density at radius 1 is 0.870 bits per heavy atom. The van der Waals surface area contributed by atoms with Crippen LogP contribution in [0.1, 0.15) is 37.1 Å². The van der Waals surface area contributed by atoms with E-state index in [0.29, 0.717) is 37.4 Å². The van der Waals surface area contributed by atoms with Crippen LogP contribution in [0.3, 0.4) is 0 Å². The molecule has 2 aromatic carbocycles. The van der Waals surface area contributed by atoms with Gasteiger partial charge in [-0.2, -0.15) is 0 Å². The van der Waals surface area contributed by atoms with E-state index < -0.39 is 41.4 Å². The number of carbonyl (C=O) groups is 4. The predicted octanol–water partition coefficient (Wildman–Crippen LogP) is 1.80. The molecule has 4 amide bonds. The highest BCUT2D eigenvalue weighted by Crippen LogP contribution is 2.31. The van der Waals surface area contributed by atoms with E-state index in [9.17, 15) is 19.2 Å². The fraction of sp³-hybridized carbons (Fsp3) is 0.424. The van der Waals surface area contributed by atoms with Gasteiger partial charge in [-0.3, -0.25) is 29.1 Å². The SMILES string of the molecule is C[C@@H]1NC(=O)[C@H](Cc2ccccc2)NC(=O)[C@H](C)NC(=O)C2(CCN(Cc3cncs3)CC2)Oc2ccc(cc2)OCCNC1=O. The Morgan fingerprint density at radius 2 is 1.57 bits per heavy atom. The van der Waals surface area contributed by atoms with E-state index in [2.05, 4.69) is 31.2 Å². The Hall–Kier alpha value is -4.49. The van der Waals surface area contributed by atoms with E-state index in [4.69, 9.17) is 9.47 Å².